The van der Waals surface area contributed by atoms with Crippen LogP contribution >= 0.6 is 11.8 Å². The van der Waals surface area contributed by atoms with Crippen molar-refractivity contribution in [1.29, 1.82) is 0 Å². The number of fused-ring (bicyclic) bond motifs is 1. The molecule has 1 heterocycles. The molecule has 3 aromatic carbocycles. The Kier molecular flexibility index (Phi) is 5.17. The fourth-order valence-corrected chi connectivity index (χ4v) is 4.10. The van der Waals surface area contributed by atoms with Gasteiger partial charge in [0.15, 0.2) is 0 Å². The number of likely N-dealkylation sites (N-methyl/N-ethyl adjacent to an activating group) is 1. The van der Waals surface area contributed by atoms with Crippen molar-refractivity contribution in [2.24, 2.45) is 0 Å². The van der Waals surface area contributed by atoms with Crippen LogP contribution in [-0.2, 0) is 11.4 Å². The summed E-state index contributed by atoms with van der Waals surface area (Å²) in [6.45, 7) is 2.63. The number of carbonyl (C=O) groups is 2. The second kappa shape index (κ2) is 7.90. The van der Waals surface area contributed by atoms with E-state index in [1.807, 2.05) is 42.5 Å². The fraction of sp³-hybridized carbons (Fsp3) is 0.130. The van der Waals surface area contributed by atoms with Crippen LogP contribution in [0.5, 0.6) is 5.75 Å². The van der Waals surface area contributed by atoms with E-state index in [-0.39, 0.29) is 11.1 Å². The summed E-state index contributed by atoms with van der Waals surface area (Å²) in [5.74, 6) is 0.482. The van der Waals surface area contributed by atoms with Crippen LogP contribution in [0.15, 0.2) is 71.6 Å². The lowest BCUT2D eigenvalue weighted by molar-refractivity contribution is -0.122. The van der Waals surface area contributed by atoms with Crippen molar-refractivity contribution < 1.29 is 14.3 Å². The Morgan fingerprint density at radius 1 is 1.00 bits per heavy atom. The van der Waals surface area contributed by atoms with E-state index in [9.17, 15) is 9.59 Å². The van der Waals surface area contributed by atoms with Crippen molar-refractivity contribution in [3.63, 3.8) is 0 Å². The first-order chi connectivity index (χ1) is 13.7. The molecule has 1 saturated heterocycles. The van der Waals surface area contributed by atoms with E-state index in [2.05, 4.69) is 24.3 Å². The van der Waals surface area contributed by atoms with E-state index in [1.165, 1.54) is 15.7 Å². The quantitative estimate of drug-likeness (QED) is 0.543. The van der Waals surface area contributed by atoms with Crippen LogP contribution in [-0.4, -0.2) is 22.6 Å². The second-order valence-electron chi connectivity index (χ2n) is 6.43. The zero-order valence-electron chi connectivity index (χ0n) is 15.4. The molecule has 0 radical (unpaired) electrons. The molecule has 0 spiro atoms. The highest BCUT2D eigenvalue weighted by molar-refractivity contribution is 8.18. The molecule has 0 atom stereocenters. The van der Waals surface area contributed by atoms with Crippen molar-refractivity contribution in [3.05, 3.63) is 82.8 Å². The summed E-state index contributed by atoms with van der Waals surface area (Å²) >= 11 is 0.976. The summed E-state index contributed by atoms with van der Waals surface area (Å²) in [7, 11) is 0. The zero-order chi connectivity index (χ0) is 19.5. The van der Waals surface area contributed by atoms with E-state index >= 15 is 0 Å². The van der Waals surface area contributed by atoms with Gasteiger partial charge in [-0.25, -0.2) is 0 Å². The number of hydrogen-bond acceptors (Lipinski definition) is 4. The molecule has 4 rings (SSSR count). The topological polar surface area (TPSA) is 46.6 Å². The lowest BCUT2D eigenvalue weighted by Crippen LogP contribution is -2.27. The highest BCUT2D eigenvalue weighted by atomic mass is 32.2. The maximum Gasteiger partial charge on any atom is 0.293 e. The Balaban J connectivity index is 1.52. The third-order valence-electron chi connectivity index (χ3n) is 4.62. The van der Waals surface area contributed by atoms with Gasteiger partial charge in [0.25, 0.3) is 11.1 Å². The predicted molar refractivity (Wildman–Crippen MR) is 113 cm³/mol. The zero-order valence-corrected chi connectivity index (χ0v) is 16.2. The Labute approximate surface area is 167 Å². The average molecular weight is 389 g/mol. The molecule has 0 unspecified atom stereocenters. The number of rotatable bonds is 5. The average Bonchev–Trinajstić information content (AvgIpc) is 2.99. The minimum atomic E-state index is -0.237. The highest BCUT2D eigenvalue weighted by Gasteiger charge is 2.33. The molecule has 1 fully saturated rings. The molecular weight excluding hydrogens is 370 g/mol. The third-order valence-corrected chi connectivity index (χ3v) is 5.53. The molecule has 28 heavy (non-hydrogen) atoms. The molecule has 4 nitrogen and oxygen atoms in total. The van der Waals surface area contributed by atoms with E-state index in [1.54, 1.807) is 13.0 Å². The van der Waals surface area contributed by atoms with Crippen molar-refractivity contribution in [1.82, 2.24) is 4.90 Å². The summed E-state index contributed by atoms with van der Waals surface area (Å²) in [6.07, 6.45) is 1.74. The largest absolute Gasteiger partial charge is 0.489 e. The minimum absolute atomic E-state index is 0.220. The molecule has 140 valence electrons. The normalized spacial score (nSPS) is 15.6. The fourth-order valence-electron chi connectivity index (χ4n) is 3.20. The van der Waals surface area contributed by atoms with Crippen molar-refractivity contribution in [2.45, 2.75) is 13.5 Å². The maximum atomic E-state index is 12.3. The van der Waals surface area contributed by atoms with Crippen LogP contribution in [0.25, 0.3) is 16.8 Å². The lowest BCUT2D eigenvalue weighted by atomic mass is 10.1. The number of carbonyl (C=O) groups excluding carboxylic acids is 2. The molecule has 0 aromatic heterocycles. The van der Waals surface area contributed by atoms with Crippen LogP contribution in [0.1, 0.15) is 18.1 Å². The monoisotopic (exact) mass is 389 g/mol. The summed E-state index contributed by atoms with van der Waals surface area (Å²) in [6, 6.07) is 21.9. The van der Waals surface area contributed by atoms with Gasteiger partial charge < -0.3 is 4.74 Å². The van der Waals surface area contributed by atoms with Gasteiger partial charge in [-0.05, 0) is 58.8 Å². The summed E-state index contributed by atoms with van der Waals surface area (Å²) in [5.41, 5.74) is 1.95. The maximum absolute atomic E-state index is 12.3. The third kappa shape index (κ3) is 3.66. The van der Waals surface area contributed by atoms with Crippen molar-refractivity contribution in [3.8, 4) is 5.75 Å². The standard InChI is InChI=1S/C23H19NO3S/c1-2-24-22(25)21(28-23(24)26)14-16-7-5-11-19(13-16)27-15-18-10-6-9-17-8-3-4-12-20(17)18/h3-14H,2,15H2,1H3/b21-14+. The van der Waals surface area contributed by atoms with Crippen LogP contribution in [0, 0.1) is 0 Å². The van der Waals surface area contributed by atoms with Gasteiger partial charge >= 0.3 is 0 Å². The highest BCUT2D eigenvalue weighted by Crippen LogP contribution is 2.32. The summed E-state index contributed by atoms with van der Waals surface area (Å²) < 4.78 is 6.00. The number of benzene rings is 3. The van der Waals surface area contributed by atoms with E-state index in [0.717, 1.165) is 28.6 Å². The number of imide groups is 1. The smallest absolute Gasteiger partial charge is 0.293 e. The van der Waals surface area contributed by atoms with Gasteiger partial charge in [0.05, 0.1) is 4.91 Å². The van der Waals surface area contributed by atoms with Gasteiger partial charge in [0, 0.05) is 6.54 Å². The number of amides is 2. The van der Waals surface area contributed by atoms with E-state index in [4.69, 9.17) is 4.74 Å². The molecular formula is C23H19NO3S. The van der Waals surface area contributed by atoms with Gasteiger partial charge in [-0.3, -0.25) is 14.5 Å². The molecule has 0 bridgehead atoms. The number of nitrogens with zero attached hydrogens (tertiary/aromatic N) is 1. The number of thioether (sulfide) groups is 1. The van der Waals surface area contributed by atoms with Crippen LogP contribution in [0.2, 0.25) is 0 Å². The van der Waals surface area contributed by atoms with E-state index < -0.39 is 0 Å². The molecule has 1 aliphatic rings. The first kappa shape index (κ1) is 18.3. The summed E-state index contributed by atoms with van der Waals surface area (Å²) in [4.78, 5) is 25.8. The van der Waals surface area contributed by atoms with Gasteiger partial charge in [-0.1, -0.05) is 54.6 Å². The number of hydrogen-bond donors (Lipinski definition) is 0. The van der Waals surface area contributed by atoms with Gasteiger partial charge in [0.2, 0.25) is 0 Å². The first-order valence-electron chi connectivity index (χ1n) is 9.10. The Bertz CT molecular complexity index is 1080. The molecule has 3 aromatic rings. The Hall–Kier alpha value is -3.05. The molecule has 0 aliphatic carbocycles. The van der Waals surface area contributed by atoms with Crippen molar-refractivity contribution in [2.75, 3.05) is 6.54 Å². The van der Waals surface area contributed by atoms with E-state index in [0.29, 0.717) is 18.1 Å². The van der Waals surface area contributed by atoms with Gasteiger partial charge in [0.1, 0.15) is 12.4 Å². The van der Waals surface area contributed by atoms with Gasteiger partial charge in [-0.15, -0.1) is 0 Å². The number of ether oxygens (including phenoxy) is 1. The van der Waals surface area contributed by atoms with Crippen molar-refractivity contribution >= 4 is 39.8 Å². The Morgan fingerprint density at radius 2 is 1.79 bits per heavy atom. The Morgan fingerprint density at radius 3 is 2.61 bits per heavy atom. The van der Waals surface area contributed by atoms with Crippen LogP contribution in [0.3, 0.4) is 0 Å². The first-order valence-corrected chi connectivity index (χ1v) is 9.92. The van der Waals surface area contributed by atoms with Gasteiger partial charge in [-0.2, -0.15) is 0 Å². The minimum Gasteiger partial charge on any atom is -0.489 e. The van der Waals surface area contributed by atoms with Crippen LogP contribution in [0.4, 0.5) is 4.79 Å². The molecule has 0 saturated carbocycles. The molecule has 2 amide bonds. The summed E-state index contributed by atoms with van der Waals surface area (Å²) in [5, 5.41) is 2.14. The van der Waals surface area contributed by atoms with Crippen LogP contribution < -0.4 is 4.74 Å². The molecule has 5 heteroatoms. The second-order valence-corrected chi connectivity index (χ2v) is 7.42. The predicted octanol–water partition coefficient (Wildman–Crippen LogP) is 5.48. The SMILES string of the molecule is CCN1C(=O)S/C(=C/c2cccc(OCc3cccc4ccccc34)c2)C1=O. The molecule has 1 aliphatic heterocycles. The molecule has 0 N–H and O–H groups in total. The lowest BCUT2D eigenvalue weighted by Gasteiger charge is -2.10.